The van der Waals surface area contributed by atoms with Crippen LogP contribution in [-0.2, 0) is 28.4 Å². The number of ether oxygens (including phenoxy) is 3. The van der Waals surface area contributed by atoms with Gasteiger partial charge in [-0.1, -0.05) is 24.8 Å². The first kappa shape index (κ1) is 27.2. The molecule has 6 nitrogen and oxygen atoms in total. The Morgan fingerprint density at radius 1 is 1.12 bits per heavy atom. The molecule has 0 bridgehead atoms. The molecule has 0 radical (unpaired) electrons. The number of epoxide rings is 1. The second kappa shape index (κ2) is 16.2. The molecule has 2 aliphatic rings. The van der Waals surface area contributed by atoms with Gasteiger partial charge in [0, 0.05) is 0 Å². The molecule has 0 spiro atoms. The van der Waals surface area contributed by atoms with Gasteiger partial charge in [-0.3, -0.25) is 4.79 Å². The van der Waals surface area contributed by atoms with Gasteiger partial charge in [-0.05, 0) is 32.6 Å². The summed E-state index contributed by atoms with van der Waals surface area (Å²) >= 11 is 0. The van der Waals surface area contributed by atoms with Crippen molar-refractivity contribution in [1.29, 1.82) is 0 Å². The third-order valence-corrected chi connectivity index (χ3v) is 4.25. The summed E-state index contributed by atoms with van der Waals surface area (Å²) < 4.78 is 24.6. The van der Waals surface area contributed by atoms with E-state index in [0.29, 0.717) is 25.2 Å². The van der Waals surface area contributed by atoms with E-state index < -0.39 is 7.80 Å². The van der Waals surface area contributed by atoms with Gasteiger partial charge in [-0.2, -0.15) is 0 Å². The molecule has 142 valence electrons. The quantitative estimate of drug-likeness (QED) is 0.274. The van der Waals surface area contributed by atoms with Gasteiger partial charge in [0.2, 0.25) is 6.16 Å². The first-order valence-corrected chi connectivity index (χ1v) is 10.6. The second-order valence-electron chi connectivity index (χ2n) is 5.72. The van der Waals surface area contributed by atoms with Crippen molar-refractivity contribution in [2.24, 2.45) is 11.8 Å². The van der Waals surface area contributed by atoms with Gasteiger partial charge in [0.05, 0.1) is 31.8 Å². The third-order valence-electron chi connectivity index (χ3n) is 3.55. The molecule has 1 saturated heterocycles. The summed E-state index contributed by atoms with van der Waals surface area (Å²) in [4.78, 5) is 21.4. The van der Waals surface area contributed by atoms with Crippen LogP contribution in [0.1, 0.15) is 48.4 Å². The minimum atomic E-state index is -1.38. The fourth-order valence-corrected chi connectivity index (χ4v) is 2.38. The van der Waals surface area contributed by atoms with E-state index in [9.17, 15) is 14.2 Å². The molecule has 0 amide bonds. The second-order valence-corrected chi connectivity index (χ2v) is 7.29. The van der Waals surface area contributed by atoms with Crippen LogP contribution in [0.4, 0.5) is 0 Å². The zero-order valence-electron chi connectivity index (χ0n) is 17.6. The summed E-state index contributed by atoms with van der Waals surface area (Å²) in [5.41, 5.74) is 0. The summed E-state index contributed by atoms with van der Waals surface area (Å²) in [6.45, 7) is 11.2. The molecule has 0 aromatic heterocycles. The number of carbonyl (C=O) groups excluding carboxylic acids is 2. The van der Waals surface area contributed by atoms with E-state index in [4.69, 9.17) is 9.47 Å². The largest absolute Gasteiger partial charge is 1.00 e. The molecule has 2 fully saturated rings. The summed E-state index contributed by atoms with van der Waals surface area (Å²) in [5, 5.41) is 0. The smallest absolute Gasteiger partial charge is 1.00 e. The van der Waals surface area contributed by atoms with E-state index >= 15 is 0 Å². The fraction of sp³-hybridized carbons (Fsp3) is 0.882. The van der Waals surface area contributed by atoms with E-state index in [0.717, 1.165) is 19.4 Å². The van der Waals surface area contributed by atoms with Crippen molar-refractivity contribution in [1.82, 2.24) is 0 Å². The van der Waals surface area contributed by atoms with Crippen LogP contribution < -0.4 is 29.6 Å². The Bertz CT molecular complexity index is 407. The topological polar surface area (TPSA) is 82.2 Å². The van der Waals surface area contributed by atoms with Crippen LogP contribution in [0.5, 0.6) is 0 Å². The minimum absolute atomic E-state index is 0. The minimum Gasteiger partial charge on any atom is -1.00 e. The summed E-state index contributed by atoms with van der Waals surface area (Å²) in [7, 11) is -1.38. The Balaban J connectivity index is -0.000000307. The van der Waals surface area contributed by atoms with E-state index in [1.54, 1.807) is 6.92 Å². The van der Waals surface area contributed by atoms with Crippen LogP contribution in [0.25, 0.3) is 0 Å². The number of hydrogen-bond donors (Lipinski definition) is 0. The number of rotatable bonds is 7. The summed E-state index contributed by atoms with van der Waals surface area (Å²) in [5.74, 6) is 0.500. The maximum absolute atomic E-state index is 11.0. The molecule has 1 aliphatic carbocycles. The number of hydrogen-bond acceptors (Lipinski definition) is 6. The van der Waals surface area contributed by atoms with Crippen LogP contribution in [0.2, 0.25) is 0 Å². The van der Waals surface area contributed by atoms with E-state index in [2.05, 4.69) is 18.6 Å². The molecule has 8 heteroatoms. The Morgan fingerprint density at radius 3 is 1.96 bits per heavy atom. The molecule has 4 atom stereocenters. The molecule has 25 heavy (non-hydrogen) atoms. The van der Waals surface area contributed by atoms with Gasteiger partial charge in [-0.25, -0.2) is 4.79 Å². The molecule has 1 saturated carbocycles. The van der Waals surface area contributed by atoms with Crippen molar-refractivity contribution in [3.05, 3.63) is 0 Å². The van der Waals surface area contributed by atoms with Crippen molar-refractivity contribution >= 4 is 19.7 Å². The zero-order valence-corrected chi connectivity index (χ0v) is 19.5. The van der Waals surface area contributed by atoms with Crippen LogP contribution >= 0.6 is 7.80 Å². The van der Waals surface area contributed by atoms with Crippen LogP contribution in [0, 0.1) is 11.8 Å². The number of esters is 2. The third kappa shape index (κ3) is 15.9. The van der Waals surface area contributed by atoms with Crippen molar-refractivity contribution in [3.63, 3.8) is 0 Å². The SMILES string of the molecule is CCOC(=O)C1C[C@H]1CC.CCOC(=O)C[P+](C)=O.CC[C@H]1CO1.[H-].[Na+]. The first-order valence-electron chi connectivity index (χ1n) is 8.71. The van der Waals surface area contributed by atoms with Crippen LogP contribution in [0.15, 0.2) is 0 Å². The molecule has 2 rings (SSSR count). The van der Waals surface area contributed by atoms with Gasteiger partial charge in [-0.15, -0.1) is 0 Å². The van der Waals surface area contributed by atoms with Crippen LogP contribution in [-0.4, -0.2) is 50.7 Å². The first-order chi connectivity index (χ1) is 11.4. The summed E-state index contributed by atoms with van der Waals surface area (Å²) in [6.07, 6.45) is 4.04. The van der Waals surface area contributed by atoms with Gasteiger partial charge in [0.15, 0.2) is 0 Å². The Hall–Kier alpha value is 0. The monoisotopic (exact) mass is 387 g/mol. The molecule has 0 aromatic carbocycles. The van der Waals surface area contributed by atoms with Crippen molar-refractivity contribution in [2.45, 2.75) is 53.1 Å². The van der Waals surface area contributed by atoms with Crippen molar-refractivity contribution in [2.75, 3.05) is 32.6 Å². The summed E-state index contributed by atoms with van der Waals surface area (Å²) in [6, 6.07) is 0. The predicted molar refractivity (Wildman–Crippen MR) is 94.7 cm³/mol. The van der Waals surface area contributed by atoms with Crippen molar-refractivity contribution in [3.8, 4) is 0 Å². The Kier molecular flexibility index (Phi) is 17.6. The van der Waals surface area contributed by atoms with E-state index in [1.165, 1.54) is 13.1 Å². The van der Waals surface area contributed by atoms with Gasteiger partial charge in [0.1, 0.15) is 6.66 Å². The average molecular weight is 387 g/mol. The molecule has 1 heterocycles. The number of carbonyl (C=O) groups is 2. The van der Waals surface area contributed by atoms with Gasteiger partial charge in [0.25, 0.3) is 0 Å². The normalized spacial score (nSPS) is 22.6. The predicted octanol–water partition coefficient (Wildman–Crippen LogP) is 0.514. The van der Waals surface area contributed by atoms with Gasteiger partial charge >= 0.3 is 49.3 Å². The Morgan fingerprint density at radius 2 is 1.68 bits per heavy atom. The van der Waals surface area contributed by atoms with E-state index in [1.807, 2.05) is 6.92 Å². The molecule has 2 unspecified atom stereocenters. The van der Waals surface area contributed by atoms with Gasteiger partial charge < -0.3 is 15.6 Å². The maximum Gasteiger partial charge on any atom is 1.00 e. The molecule has 1 aliphatic heterocycles. The molecular formula is C17H33NaO6P+. The molecular weight excluding hydrogens is 354 g/mol. The zero-order chi connectivity index (χ0) is 18.5. The molecule has 0 aromatic rings. The van der Waals surface area contributed by atoms with E-state index in [-0.39, 0.29) is 55.0 Å². The standard InChI is InChI=1S/C8H14O2.C5H10O3P.C4H8O.Na.H/c1-3-6-5-7(6)8(9)10-4-2;1-3-8-5(6)4-9(2)7;1-2-4-3-5-4;;/h6-7H,3-5H2,1-2H3;3-4H2,1-2H3;4H,2-3H2,1H3;;/q;+1;;+1;-1/t6-,7?;;4-;;/m1.0../s1. The van der Waals surface area contributed by atoms with Crippen LogP contribution in [0.3, 0.4) is 0 Å². The van der Waals surface area contributed by atoms with Crippen molar-refractivity contribution < 1.29 is 59.3 Å². The fourth-order valence-electron chi connectivity index (χ4n) is 1.93. The maximum atomic E-state index is 11.0. The Labute approximate surface area is 176 Å². The molecule has 0 N–H and O–H groups in total. The average Bonchev–Trinajstić information content (AvgIpc) is 3.40.